The molecule has 1 aliphatic heterocycles. The molecule has 0 fully saturated rings. The maximum absolute atomic E-state index is 5.84. The van der Waals surface area contributed by atoms with E-state index in [1.54, 1.807) is 0 Å². The molecule has 1 aliphatic rings. The largest absolute Gasteiger partial charge is 0.341 e. The van der Waals surface area contributed by atoms with Crippen LogP contribution in [-0.4, -0.2) is 14.1 Å². The van der Waals surface area contributed by atoms with E-state index in [1.165, 1.54) is 6.04 Å². The summed E-state index contributed by atoms with van der Waals surface area (Å²) in [5.74, 6) is 0.685. The van der Waals surface area contributed by atoms with Gasteiger partial charge in [0.15, 0.2) is 0 Å². The van der Waals surface area contributed by atoms with Crippen LogP contribution >= 0.6 is 33.2 Å². The third-order valence-electron chi connectivity index (χ3n) is 2.41. The van der Waals surface area contributed by atoms with Gasteiger partial charge in [-0.3, -0.25) is 0 Å². The van der Waals surface area contributed by atoms with E-state index >= 15 is 0 Å². The summed E-state index contributed by atoms with van der Waals surface area (Å²) in [4.78, 5) is 0. The lowest BCUT2D eigenvalue weighted by Gasteiger charge is -2.16. The number of rotatable bonds is 3. The number of hydrogen-bond donors (Lipinski definition) is 0. The Morgan fingerprint density at radius 3 is 2.38 bits per heavy atom. The second-order valence-corrected chi connectivity index (χ2v) is 18.5. The average Bonchev–Trinajstić information content (AvgIpc) is 2.24. The van der Waals surface area contributed by atoms with Gasteiger partial charge in [0.05, 0.1) is 8.07 Å². The predicted octanol–water partition coefficient (Wildman–Crippen LogP) is 4.47. The first-order valence-corrected chi connectivity index (χ1v) is 13.1. The van der Waals surface area contributed by atoms with Crippen LogP contribution in [0.1, 0.15) is 6.42 Å². The van der Waals surface area contributed by atoms with E-state index in [0.717, 1.165) is 12.5 Å². The van der Waals surface area contributed by atoms with Crippen molar-refractivity contribution >= 4 is 47.3 Å². The van der Waals surface area contributed by atoms with Gasteiger partial charge in [-0.1, -0.05) is 24.9 Å². The molecule has 76 valence electrons. The molecular formula is C8H15Cl3Si2. The SMILES string of the molecule is C[Si]1(C)C=CC(CC[Si](Cl)(Cl)Cl)C1. The molecule has 1 unspecified atom stereocenters. The number of hydrogen-bond acceptors (Lipinski definition) is 0. The van der Waals surface area contributed by atoms with Gasteiger partial charge in [-0.25, -0.2) is 0 Å². The van der Waals surface area contributed by atoms with Crippen LogP contribution in [-0.2, 0) is 0 Å². The Balaban J connectivity index is 2.31. The Morgan fingerprint density at radius 1 is 1.38 bits per heavy atom. The summed E-state index contributed by atoms with van der Waals surface area (Å²) in [7, 11) is -0.994. The van der Waals surface area contributed by atoms with Crippen LogP contribution in [0.3, 0.4) is 0 Å². The number of halogens is 3. The highest BCUT2D eigenvalue weighted by Crippen LogP contribution is 2.34. The van der Waals surface area contributed by atoms with Gasteiger partial charge in [-0.2, -0.15) is 0 Å². The molecule has 0 bridgehead atoms. The minimum Gasteiger partial charge on any atom is -0.126 e. The highest BCUT2D eigenvalue weighted by Gasteiger charge is 2.30. The molecule has 0 spiro atoms. The highest BCUT2D eigenvalue weighted by molar-refractivity contribution is 7.64. The molecule has 1 atom stereocenters. The molecule has 0 aromatic carbocycles. The van der Waals surface area contributed by atoms with Gasteiger partial charge >= 0.3 is 6.00 Å². The Morgan fingerprint density at radius 2 is 2.00 bits per heavy atom. The summed E-state index contributed by atoms with van der Waals surface area (Å²) in [6, 6.07) is -0.235. The van der Waals surface area contributed by atoms with E-state index in [-0.39, 0.29) is 0 Å². The first-order chi connectivity index (χ1) is 5.79. The summed E-state index contributed by atoms with van der Waals surface area (Å²) in [6.07, 6.45) is 3.40. The van der Waals surface area contributed by atoms with Gasteiger partial charge in [0.1, 0.15) is 0 Å². The molecule has 0 aromatic rings. The molecule has 1 heterocycles. The zero-order valence-electron chi connectivity index (χ0n) is 7.99. The molecule has 1 rings (SSSR count). The summed E-state index contributed by atoms with van der Waals surface area (Å²) < 4.78 is 0. The molecule has 5 heteroatoms. The maximum atomic E-state index is 5.84. The Bertz CT molecular complexity index is 208. The molecule has 0 aromatic heterocycles. The molecule has 0 amide bonds. The van der Waals surface area contributed by atoms with Crippen LogP contribution in [0.25, 0.3) is 0 Å². The van der Waals surface area contributed by atoms with E-state index in [9.17, 15) is 0 Å². The first kappa shape index (κ1) is 12.1. The summed E-state index contributed by atoms with van der Waals surface area (Å²) in [6.45, 7) is 4.77. The topological polar surface area (TPSA) is 0 Å². The Kier molecular flexibility index (Phi) is 3.98. The summed E-state index contributed by atoms with van der Waals surface area (Å²) in [5, 5.41) is 0. The van der Waals surface area contributed by atoms with Gasteiger partial charge in [-0.05, 0) is 24.4 Å². The van der Waals surface area contributed by atoms with Gasteiger partial charge in [0.2, 0.25) is 0 Å². The third-order valence-corrected chi connectivity index (χ3v) is 7.63. The molecule has 0 saturated carbocycles. The van der Waals surface area contributed by atoms with E-state index in [2.05, 4.69) is 24.9 Å². The third kappa shape index (κ3) is 4.89. The minimum atomic E-state index is -2.37. The van der Waals surface area contributed by atoms with E-state index < -0.39 is 14.1 Å². The monoisotopic (exact) mass is 272 g/mol. The standard InChI is InChI=1S/C8H15Cl3Si2/c1-12(2)5-3-8(7-12)4-6-13(9,10)11/h3,5,8H,4,6-7H2,1-2H3. The molecule has 0 radical (unpaired) electrons. The summed E-state index contributed by atoms with van der Waals surface area (Å²) >= 11 is 17.5. The molecule has 0 aliphatic carbocycles. The molecule has 0 N–H and O–H groups in total. The van der Waals surface area contributed by atoms with E-state index in [1.807, 2.05) is 0 Å². The van der Waals surface area contributed by atoms with Crippen molar-refractivity contribution in [3.05, 3.63) is 11.8 Å². The average molecular weight is 274 g/mol. The fraction of sp³-hybridized carbons (Fsp3) is 0.750. The van der Waals surface area contributed by atoms with Gasteiger partial charge in [-0.15, -0.1) is 33.2 Å². The van der Waals surface area contributed by atoms with Crippen molar-refractivity contribution in [2.75, 3.05) is 0 Å². The van der Waals surface area contributed by atoms with E-state index in [0.29, 0.717) is 5.92 Å². The molecule has 13 heavy (non-hydrogen) atoms. The minimum absolute atomic E-state index is 0.685. The zero-order valence-corrected chi connectivity index (χ0v) is 12.3. The smallest absolute Gasteiger partial charge is 0.126 e. The van der Waals surface area contributed by atoms with Crippen LogP contribution in [0.5, 0.6) is 0 Å². The van der Waals surface area contributed by atoms with Gasteiger partial charge in [0.25, 0.3) is 0 Å². The maximum Gasteiger partial charge on any atom is 0.341 e. The Labute approximate surface area is 96.4 Å². The van der Waals surface area contributed by atoms with Crippen LogP contribution in [0.2, 0.25) is 25.2 Å². The van der Waals surface area contributed by atoms with Crippen molar-refractivity contribution in [2.45, 2.75) is 31.6 Å². The van der Waals surface area contributed by atoms with Crippen molar-refractivity contribution < 1.29 is 0 Å². The lowest BCUT2D eigenvalue weighted by atomic mass is 10.1. The molecule has 0 saturated heterocycles. The second kappa shape index (κ2) is 4.27. The van der Waals surface area contributed by atoms with Crippen molar-refractivity contribution in [3.63, 3.8) is 0 Å². The van der Waals surface area contributed by atoms with Gasteiger partial charge < -0.3 is 0 Å². The van der Waals surface area contributed by atoms with Crippen molar-refractivity contribution in [3.8, 4) is 0 Å². The van der Waals surface area contributed by atoms with Crippen LogP contribution in [0.15, 0.2) is 11.8 Å². The van der Waals surface area contributed by atoms with Crippen molar-refractivity contribution in [1.82, 2.24) is 0 Å². The van der Waals surface area contributed by atoms with Crippen LogP contribution in [0, 0.1) is 5.92 Å². The quantitative estimate of drug-likeness (QED) is 0.526. The second-order valence-electron chi connectivity index (χ2n) is 4.47. The van der Waals surface area contributed by atoms with Crippen LogP contribution in [0.4, 0.5) is 0 Å². The number of allylic oxidation sites excluding steroid dienone is 1. The fourth-order valence-electron chi connectivity index (χ4n) is 1.76. The molecular weight excluding hydrogens is 259 g/mol. The zero-order chi connectivity index (χ0) is 10.1. The lowest BCUT2D eigenvalue weighted by Crippen LogP contribution is -2.20. The Hall–Kier alpha value is 1.04. The van der Waals surface area contributed by atoms with Crippen molar-refractivity contribution in [2.24, 2.45) is 5.92 Å². The van der Waals surface area contributed by atoms with E-state index in [4.69, 9.17) is 33.2 Å². The lowest BCUT2D eigenvalue weighted by molar-refractivity contribution is 0.697. The molecule has 0 nitrogen and oxygen atoms in total. The predicted molar refractivity (Wildman–Crippen MR) is 67.7 cm³/mol. The van der Waals surface area contributed by atoms with Crippen LogP contribution < -0.4 is 0 Å². The van der Waals surface area contributed by atoms with Gasteiger partial charge in [0, 0.05) is 0 Å². The van der Waals surface area contributed by atoms with Crippen molar-refractivity contribution in [1.29, 1.82) is 0 Å². The summed E-state index contributed by atoms with van der Waals surface area (Å²) in [5.41, 5.74) is 2.41. The fourth-order valence-corrected chi connectivity index (χ4v) is 6.06. The highest BCUT2D eigenvalue weighted by atomic mass is 35.8. The first-order valence-electron chi connectivity index (χ1n) is 4.55. The normalized spacial score (nSPS) is 26.7.